The van der Waals surface area contributed by atoms with Gasteiger partial charge in [-0.3, -0.25) is 4.79 Å². The van der Waals surface area contributed by atoms with Crippen LogP contribution in [0.2, 0.25) is 0 Å². The summed E-state index contributed by atoms with van der Waals surface area (Å²) in [6.45, 7) is 6.29. The van der Waals surface area contributed by atoms with Gasteiger partial charge in [0.2, 0.25) is 0 Å². The van der Waals surface area contributed by atoms with Crippen LogP contribution in [0.3, 0.4) is 0 Å². The fourth-order valence-electron chi connectivity index (χ4n) is 1.32. The van der Waals surface area contributed by atoms with Crippen molar-refractivity contribution in [3.8, 4) is 0 Å². The van der Waals surface area contributed by atoms with Crippen LogP contribution in [-0.4, -0.2) is 17.9 Å². The van der Waals surface area contributed by atoms with E-state index in [-0.39, 0.29) is 23.6 Å². The van der Waals surface area contributed by atoms with Crippen LogP contribution in [0, 0.1) is 5.82 Å². The molecule has 0 amide bonds. The monoisotopic (exact) mass is 301 g/mol. The maximum absolute atomic E-state index is 13.2. The van der Waals surface area contributed by atoms with Gasteiger partial charge in [0, 0.05) is 12.0 Å². The first-order chi connectivity index (χ1) is 7.79. The van der Waals surface area contributed by atoms with Gasteiger partial charge in [-0.2, -0.15) is 0 Å². The summed E-state index contributed by atoms with van der Waals surface area (Å²) in [4.78, 5) is 11.7. The molecule has 0 aliphatic rings. The number of rotatable bonds is 4. The molecule has 1 rings (SSSR count). The van der Waals surface area contributed by atoms with Gasteiger partial charge in [-0.25, -0.2) is 4.39 Å². The van der Waals surface area contributed by atoms with Gasteiger partial charge in [-0.05, 0) is 48.3 Å². The molecule has 0 bridgehead atoms. The van der Waals surface area contributed by atoms with Gasteiger partial charge in [-0.15, -0.1) is 0 Å². The van der Waals surface area contributed by atoms with Crippen molar-refractivity contribution in [2.45, 2.75) is 32.7 Å². The molecule has 17 heavy (non-hydrogen) atoms. The van der Waals surface area contributed by atoms with Gasteiger partial charge in [0.05, 0.1) is 11.0 Å². The number of carbonyl (C=O) groups excluding carboxylic acids is 1. The zero-order valence-electron chi connectivity index (χ0n) is 10.3. The zero-order valence-corrected chi connectivity index (χ0v) is 11.9. The van der Waals surface area contributed by atoms with E-state index in [9.17, 15) is 9.18 Å². The van der Waals surface area contributed by atoms with Gasteiger partial charge in [0.15, 0.2) is 5.78 Å². The standard InChI is InChI=1S/C13H17BrFNO/c1-13(2,3)16-8-10(17)7-9-5-4-6-11(15)12(9)14/h4-6,16H,7-8H2,1-3H3. The molecule has 1 aromatic rings. The minimum absolute atomic E-state index is 0.0474. The van der Waals surface area contributed by atoms with E-state index in [1.54, 1.807) is 12.1 Å². The second-order valence-electron chi connectivity index (χ2n) is 5.03. The summed E-state index contributed by atoms with van der Waals surface area (Å²) < 4.78 is 13.6. The van der Waals surface area contributed by atoms with Gasteiger partial charge >= 0.3 is 0 Å². The smallest absolute Gasteiger partial charge is 0.151 e. The fourth-order valence-corrected chi connectivity index (χ4v) is 1.73. The summed E-state index contributed by atoms with van der Waals surface area (Å²) >= 11 is 3.15. The summed E-state index contributed by atoms with van der Waals surface area (Å²) in [5.74, 6) is -0.287. The highest BCUT2D eigenvalue weighted by atomic mass is 79.9. The molecular weight excluding hydrogens is 285 g/mol. The van der Waals surface area contributed by atoms with E-state index in [4.69, 9.17) is 0 Å². The molecule has 0 aliphatic carbocycles. The number of carbonyl (C=O) groups is 1. The van der Waals surface area contributed by atoms with Crippen LogP contribution in [0.1, 0.15) is 26.3 Å². The second kappa shape index (κ2) is 5.74. The molecule has 4 heteroatoms. The molecular formula is C13H17BrFNO. The molecule has 0 saturated heterocycles. The Kier molecular flexibility index (Phi) is 4.83. The van der Waals surface area contributed by atoms with E-state index in [0.29, 0.717) is 16.6 Å². The van der Waals surface area contributed by atoms with Crippen LogP contribution in [0.4, 0.5) is 4.39 Å². The molecule has 2 nitrogen and oxygen atoms in total. The molecule has 1 aromatic carbocycles. The quantitative estimate of drug-likeness (QED) is 0.926. The van der Waals surface area contributed by atoms with Gasteiger partial charge in [0.25, 0.3) is 0 Å². The molecule has 0 saturated carbocycles. The highest BCUT2D eigenvalue weighted by molar-refractivity contribution is 9.10. The van der Waals surface area contributed by atoms with Crippen molar-refractivity contribution in [1.82, 2.24) is 5.32 Å². The minimum atomic E-state index is -0.334. The van der Waals surface area contributed by atoms with E-state index >= 15 is 0 Å². The molecule has 0 aromatic heterocycles. The van der Waals surface area contributed by atoms with Gasteiger partial charge in [0.1, 0.15) is 5.82 Å². The van der Waals surface area contributed by atoms with Crippen molar-refractivity contribution in [3.63, 3.8) is 0 Å². The summed E-state index contributed by atoms with van der Waals surface area (Å²) in [7, 11) is 0. The lowest BCUT2D eigenvalue weighted by Gasteiger charge is -2.19. The Hall–Kier alpha value is -0.740. The lowest BCUT2D eigenvalue weighted by atomic mass is 10.1. The number of halogens is 2. The SMILES string of the molecule is CC(C)(C)NCC(=O)Cc1cccc(F)c1Br. The first-order valence-electron chi connectivity index (χ1n) is 5.49. The first-order valence-corrected chi connectivity index (χ1v) is 6.28. The summed E-state index contributed by atoms with van der Waals surface area (Å²) in [5.41, 5.74) is 0.597. The highest BCUT2D eigenvalue weighted by Crippen LogP contribution is 2.20. The lowest BCUT2D eigenvalue weighted by Crippen LogP contribution is -2.39. The van der Waals surface area contributed by atoms with Crippen molar-refractivity contribution in [2.75, 3.05) is 6.54 Å². The Labute approximate surface area is 110 Å². The fraction of sp³-hybridized carbons (Fsp3) is 0.462. The third-order valence-electron chi connectivity index (χ3n) is 2.24. The van der Waals surface area contributed by atoms with Crippen LogP contribution in [0.25, 0.3) is 0 Å². The third kappa shape index (κ3) is 4.96. The molecule has 0 radical (unpaired) electrons. The van der Waals surface area contributed by atoms with Crippen LogP contribution in [0.5, 0.6) is 0 Å². The van der Waals surface area contributed by atoms with Crippen molar-refractivity contribution < 1.29 is 9.18 Å². The third-order valence-corrected chi connectivity index (χ3v) is 3.12. The van der Waals surface area contributed by atoms with E-state index in [1.807, 2.05) is 20.8 Å². The van der Waals surface area contributed by atoms with E-state index in [2.05, 4.69) is 21.2 Å². The molecule has 0 aliphatic heterocycles. The van der Waals surface area contributed by atoms with E-state index < -0.39 is 0 Å². The van der Waals surface area contributed by atoms with Gasteiger partial charge < -0.3 is 5.32 Å². The summed E-state index contributed by atoms with van der Waals surface area (Å²) in [5, 5.41) is 3.12. The Morgan fingerprint density at radius 3 is 2.65 bits per heavy atom. The second-order valence-corrected chi connectivity index (χ2v) is 5.82. The zero-order chi connectivity index (χ0) is 13.1. The maximum Gasteiger partial charge on any atom is 0.151 e. The van der Waals surface area contributed by atoms with Crippen LogP contribution in [-0.2, 0) is 11.2 Å². The summed E-state index contributed by atoms with van der Waals surface area (Å²) in [6.07, 6.45) is 0.238. The normalized spacial score (nSPS) is 11.6. The number of benzene rings is 1. The Bertz CT molecular complexity index is 412. The van der Waals surface area contributed by atoms with Crippen molar-refractivity contribution in [3.05, 3.63) is 34.1 Å². The lowest BCUT2D eigenvalue weighted by molar-refractivity contribution is -0.117. The Morgan fingerprint density at radius 2 is 2.06 bits per heavy atom. The average Bonchev–Trinajstić information content (AvgIpc) is 2.21. The molecule has 0 unspecified atom stereocenters. The van der Waals surface area contributed by atoms with Crippen LogP contribution < -0.4 is 5.32 Å². The number of hydrogen-bond acceptors (Lipinski definition) is 2. The Morgan fingerprint density at radius 1 is 1.41 bits per heavy atom. The maximum atomic E-state index is 13.2. The minimum Gasteiger partial charge on any atom is -0.305 e. The van der Waals surface area contributed by atoms with Crippen LogP contribution in [0.15, 0.2) is 22.7 Å². The number of ketones is 1. The van der Waals surface area contributed by atoms with E-state index in [0.717, 1.165) is 0 Å². The molecule has 1 N–H and O–H groups in total. The molecule has 0 heterocycles. The average molecular weight is 302 g/mol. The van der Waals surface area contributed by atoms with Crippen molar-refractivity contribution in [1.29, 1.82) is 0 Å². The first kappa shape index (κ1) is 14.3. The number of nitrogens with one attached hydrogen (secondary N) is 1. The van der Waals surface area contributed by atoms with Crippen molar-refractivity contribution in [2.24, 2.45) is 0 Å². The van der Waals surface area contributed by atoms with Gasteiger partial charge in [-0.1, -0.05) is 12.1 Å². The predicted octanol–water partition coefficient (Wildman–Crippen LogP) is 3.09. The molecule has 0 spiro atoms. The molecule has 0 fully saturated rings. The largest absolute Gasteiger partial charge is 0.305 e. The topological polar surface area (TPSA) is 29.1 Å². The molecule has 94 valence electrons. The van der Waals surface area contributed by atoms with Crippen LogP contribution >= 0.6 is 15.9 Å². The molecule has 0 atom stereocenters. The summed E-state index contributed by atoms with van der Waals surface area (Å²) in [6, 6.07) is 4.73. The van der Waals surface area contributed by atoms with Crippen molar-refractivity contribution >= 4 is 21.7 Å². The van der Waals surface area contributed by atoms with E-state index in [1.165, 1.54) is 6.07 Å². The highest BCUT2D eigenvalue weighted by Gasteiger charge is 2.13. The predicted molar refractivity (Wildman–Crippen MR) is 70.6 cm³/mol. The Balaban J connectivity index is 2.60. The number of hydrogen-bond donors (Lipinski definition) is 1. The number of Topliss-reactive ketones (excluding diaryl/α,β-unsaturated/α-hetero) is 1.